The van der Waals surface area contributed by atoms with Gasteiger partial charge in [-0.1, -0.05) is 12.1 Å². The molecule has 0 atom stereocenters. The Balaban J connectivity index is 2.63. The molecule has 0 aliphatic rings. The third kappa shape index (κ3) is 2.83. The molecule has 2 N–H and O–H groups in total. The minimum atomic E-state index is -4.45. The normalized spacial score (nSPS) is 11.5. The van der Waals surface area contributed by atoms with E-state index in [4.69, 9.17) is 0 Å². The number of alkyl halides is 3. The first-order valence-corrected chi connectivity index (χ1v) is 5.80. The summed E-state index contributed by atoms with van der Waals surface area (Å²) in [4.78, 5) is 3.99. The summed E-state index contributed by atoms with van der Waals surface area (Å²) in [5.74, 6) is 0. The van der Waals surface area contributed by atoms with Crippen molar-refractivity contribution in [3.8, 4) is 11.1 Å². The molecule has 104 valence electrons. The van der Waals surface area contributed by atoms with Gasteiger partial charge in [0.2, 0.25) is 0 Å². The number of benzene rings is 1. The van der Waals surface area contributed by atoms with E-state index < -0.39 is 18.9 Å². The zero-order valence-electron chi connectivity index (χ0n) is 10.5. The van der Waals surface area contributed by atoms with Crippen LogP contribution >= 0.6 is 0 Å². The number of aromatic nitrogens is 1. The van der Waals surface area contributed by atoms with Crippen molar-refractivity contribution < 1.29 is 23.2 Å². The summed E-state index contributed by atoms with van der Waals surface area (Å²) in [7, 11) is -1.78. The van der Waals surface area contributed by atoms with Crippen LogP contribution in [0.2, 0.25) is 0 Å². The monoisotopic (exact) mass is 281 g/mol. The average molecular weight is 281 g/mol. The molecule has 0 fully saturated rings. The maximum Gasteiger partial charge on any atom is 0.489 e. The van der Waals surface area contributed by atoms with E-state index in [2.05, 4.69) is 4.98 Å². The first kappa shape index (κ1) is 14.6. The summed E-state index contributed by atoms with van der Waals surface area (Å²) in [6.07, 6.45) is -3.08. The van der Waals surface area contributed by atoms with Crippen molar-refractivity contribution in [2.45, 2.75) is 13.1 Å². The van der Waals surface area contributed by atoms with Crippen LogP contribution in [0, 0.1) is 6.92 Å². The molecule has 2 aromatic rings. The van der Waals surface area contributed by atoms with Gasteiger partial charge in [-0.25, -0.2) is 0 Å². The van der Waals surface area contributed by atoms with Crippen molar-refractivity contribution in [2.75, 3.05) is 0 Å². The predicted molar refractivity (Wildman–Crippen MR) is 69.2 cm³/mol. The summed E-state index contributed by atoms with van der Waals surface area (Å²) in [5.41, 5.74) is 0.297. The zero-order valence-corrected chi connectivity index (χ0v) is 10.5. The minimum absolute atomic E-state index is 0.122. The number of pyridine rings is 1. The van der Waals surface area contributed by atoms with E-state index in [9.17, 15) is 23.2 Å². The Morgan fingerprint density at radius 1 is 1.15 bits per heavy atom. The Kier molecular flexibility index (Phi) is 3.83. The van der Waals surface area contributed by atoms with Crippen LogP contribution in [0.15, 0.2) is 36.5 Å². The molecule has 0 bridgehead atoms. The highest BCUT2D eigenvalue weighted by Gasteiger charge is 2.31. The topological polar surface area (TPSA) is 53.4 Å². The lowest BCUT2D eigenvalue weighted by Crippen LogP contribution is -2.32. The first-order chi connectivity index (χ1) is 9.30. The molecule has 1 heterocycles. The van der Waals surface area contributed by atoms with Gasteiger partial charge in [0.1, 0.15) is 0 Å². The lowest BCUT2D eigenvalue weighted by molar-refractivity contribution is -0.137. The lowest BCUT2D eigenvalue weighted by atomic mass is 9.75. The summed E-state index contributed by atoms with van der Waals surface area (Å²) in [5, 5.41) is 18.7. The maximum absolute atomic E-state index is 12.7. The van der Waals surface area contributed by atoms with Crippen molar-refractivity contribution in [1.82, 2.24) is 4.98 Å². The van der Waals surface area contributed by atoms with Crippen LogP contribution < -0.4 is 5.46 Å². The van der Waals surface area contributed by atoms with E-state index in [1.807, 2.05) is 0 Å². The van der Waals surface area contributed by atoms with Gasteiger partial charge in [-0.2, -0.15) is 13.2 Å². The van der Waals surface area contributed by atoms with Gasteiger partial charge in [0.25, 0.3) is 0 Å². The van der Waals surface area contributed by atoms with Gasteiger partial charge in [-0.3, -0.25) is 4.98 Å². The number of hydrogen-bond acceptors (Lipinski definition) is 3. The highest BCUT2D eigenvalue weighted by molar-refractivity contribution is 6.60. The molecular formula is C13H11BF3NO2. The molecular weight excluding hydrogens is 270 g/mol. The van der Waals surface area contributed by atoms with Crippen LogP contribution in [0.5, 0.6) is 0 Å². The van der Waals surface area contributed by atoms with Crippen LogP contribution in [0.4, 0.5) is 13.2 Å². The first-order valence-electron chi connectivity index (χ1n) is 5.80. The lowest BCUT2D eigenvalue weighted by Gasteiger charge is -2.13. The van der Waals surface area contributed by atoms with Gasteiger partial charge in [0.05, 0.1) is 5.56 Å². The SMILES string of the molecule is Cc1nccc(B(O)O)c1-c1cccc(C(F)(F)F)c1. The Hall–Kier alpha value is -1.86. The van der Waals surface area contributed by atoms with Crippen molar-refractivity contribution >= 4 is 12.6 Å². The molecule has 0 saturated heterocycles. The molecule has 0 aliphatic carbocycles. The van der Waals surface area contributed by atoms with Crippen molar-refractivity contribution in [1.29, 1.82) is 0 Å². The van der Waals surface area contributed by atoms with Crippen molar-refractivity contribution in [2.24, 2.45) is 0 Å². The third-order valence-corrected chi connectivity index (χ3v) is 2.93. The van der Waals surface area contributed by atoms with Crippen molar-refractivity contribution in [3.63, 3.8) is 0 Å². The zero-order chi connectivity index (χ0) is 14.9. The number of aryl methyl sites for hydroxylation is 1. The molecule has 20 heavy (non-hydrogen) atoms. The summed E-state index contributed by atoms with van der Waals surface area (Å²) >= 11 is 0. The molecule has 0 aliphatic heterocycles. The Morgan fingerprint density at radius 2 is 1.85 bits per heavy atom. The number of nitrogens with zero attached hydrogens (tertiary/aromatic N) is 1. The van der Waals surface area contributed by atoms with E-state index in [-0.39, 0.29) is 11.0 Å². The molecule has 0 unspecified atom stereocenters. The predicted octanol–water partition coefficient (Wildman–Crippen LogP) is 1.76. The molecule has 1 aromatic heterocycles. The van der Waals surface area contributed by atoms with Crippen LogP contribution in [0.3, 0.4) is 0 Å². The fraction of sp³-hybridized carbons (Fsp3) is 0.154. The van der Waals surface area contributed by atoms with Gasteiger partial charge in [0.15, 0.2) is 0 Å². The second-order valence-corrected chi connectivity index (χ2v) is 4.31. The van der Waals surface area contributed by atoms with E-state index in [0.29, 0.717) is 11.3 Å². The van der Waals surface area contributed by atoms with Gasteiger partial charge in [-0.15, -0.1) is 0 Å². The second-order valence-electron chi connectivity index (χ2n) is 4.31. The van der Waals surface area contributed by atoms with Gasteiger partial charge in [-0.05, 0) is 36.1 Å². The quantitative estimate of drug-likeness (QED) is 0.825. The van der Waals surface area contributed by atoms with Crippen molar-refractivity contribution in [3.05, 3.63) is 47.8 Å². The second kappa shape index (κ2) is 5.26. The van der Waals surface area contributed by atoms with Gasteiger partial charge >= 0.3 is 13.3 Å². The smallest absolute Gasteiger partial charge is 0.423 e. The summed E-state index contributed by atoms with van der Waals surface area (Å²) in [6, 6.07) is 6.05. The highest BCUT2D eigenvalue weighted by Crippen LogP contribution is 2.32. The molecule has 0 amide bonds. The Labute approximate surface area is 113 Å². The Bertz CT molecular complexity index is 629. The molecule has 7 heteroatoms. The molecule has 2 rings (SSSR count). The summed E-state index contributed by atoms with van der Waals surface area (Å²) in [6.45, 7) is 1.60. The van der Waals surface area contributed by atoms with Gasteiger partial charge in [0, 0.05) is 17.5 Å². The molecule has 3 nitrogen and oxygen atoms in total. The number of hydrogen-bond donors (Lipinski definition) is 2. The van der Waals surface area contributed by atoms with Crippen LogP contribution in [-0.4, -0.2) is 22.2 Å². The van der Waals surface area contributed by atoms with E-state index in [0.717, 1.165) is 12.1 Å². The Morgan fingerprint density at radius 3 is 2.45 bits per heavy atom. The molecule has 0 radical (unpaired) electrons. The standard InChI is InChI=1S/C13H11BF3NO2/c1-8-12(11(14(19)20)5-6-18-8)9-3-2-4-10(7-9)13(15,16)17/h2-7,19-20H,1H3. The maximum atomic E-state index is 12.7. The molecule has 1 aromatic carbocycles. The fourth-order valence-electron chi connectivity index (χ4n) is 2.03. The fourth-order valence-corrected chi connectivity index (χ4v) is 2.03. The average Bonchev–Trinajstić information content (AvgIpc) is 2.37. The van der Waals surface area contributed by atoms with Crippen LogP contribution in [0.1, 0.15) is 11.3 Å². The minimum Gasteiger partial charge on any atom is -0.423 e. The molecule has 0 saturated carbocycles. The van der Waals surface area contributed by atoms with Gasteiger partial charge < -0.3 is 10.0 Å². The highest BCUT2D eigenvalue weighted by atomic mass is 19.4. The van der Waals surface area contributed by atoms with E-state index in [1.165, 1.54) is 24.4 Å². The number of rotatable bonds is 2. The summed E-state index contributed by atoms with van der Waals surface area (Å²) < 4.78 is 38.2. The molecule has 0 spiro atoms. The number of halogens is 3. The van der Waals surface area contributed by atoms with E-state index in [1.54, 1.807) is 6.92 Å². The largest absolute Gasteiger partial charge is 0.489 e. The third-order valence-electron chi connectivity index (χ3n) is 2.93. The van der Waals surface area contributed by atoms with Crippen LogP contribution in [-0.2, 0) is 6.18 Å². The van der Waals surface area contributed by atoms with E-state index >= 15 is 0 Å². The van der Waals surface area contributed by atoms with Crippen LogP contribution in [0.25, 0.3) is 11.1 Å².